The van der Waals surface area contributed by atoms with Gasteiger partial charge in [0.2, 0.25) is 0 Å². The van der Waals surface area contributed by atoms with Crippen molar-refractivity contribution in [3.8, 4) is 73.6 Å². The minimum atomic E-state index is 0.561. The first kappa shape index (κ1) is 30.9. The van der Waals surface area contributed by atoms with Gasteiger partial charge >= 0.3 is 0 Å². The lowest BCUT2D eigenvalue weighted by atomic mass is 9.96. The van der Waals surface area contributed by atoms with Gasteiger partial charge in [-0.25, -0.2) is 15.0 Å². The van der Waals surface area contributed by atoms with E-state index in [4.69, 9.17) is 19.4 Å². The maximum atomic E-state index is 9.38. The molecule has 52 heavy (non-hydrogen) atoms. The molecule has 0 N–H and O–H groups in total. The summed E-state index contributed by atoms with van der Waals surface area (Å²) >= 11 is 0. The maximum absolute atomic E-state index is 9.38. The molecular weight excluding hydrogens is 637 g/mol. The Hall–Kier alpha value is -7.16. The molecule has 0 amide bonds. The SMILES string of the molecule is Cc1cccc(-c2nc(-c3ccc(-c4cccc(C#N)c4)cc3)nc(-c3ccc4c(c3)oc3cccc(-c5ccc(-c6ccccc6)cc5)c34)n2)c1. The van der Waals surface area contributed by atoms with Crippen LogP contribution in [0.5, 0.6) is 0 Å². The smallest absolute Gasteiger partial charge is 0.164 e. The van der Waals surface area contributed by atoms with Crippen LogP contribution in [0.2, 0.25) is 0 Å². The average molecular weight is 667 g/mol. The molecule has 9 aromatic rings. The van der Waals surface area contributed by atoms with Crippen LogP contribution in [0.3, 0.4) is 0 Å². The van der Waals surface area contributed by atoms with Crippen molar-refractivity contribution in [2.45, 2.75) is 6.92 Å². The molecule has 0 bridgehead atoms. The van der Waals surface area contributed by atoms with Gasteiger partial charge in [0.25, 0.3) is 0 Å². The Labute approximate surface area is 301 Å². The lowest BCUT2D eigenvalue weighted by Gasteiger charge is -2.10. The minimum absolute atomic E-state index is 0.561. The van der Waals surface area contributed by atoms with Gasteiger partial charge in [-0.15, -0.1) is 0 Å². The molecule has 0 fully saturated rings. The minimum Gasteiger partial charge on any atom is -0.456 e. The molecule has 7 aromatic carbocycles. The molecule has 0 radical (unpaired) electrons. The van der Waals surface area contributed by atoms with E-state index in [9.17, 15) is 5.26 Å². The van der Waals surface area contributed by atoms with Crippen molar-refractivity contribution < 1.29 is 4.42 Å². The van der Waals surface area contributed by atoms with Crippen LogP contribution in [-0.2, 0) is 0 Å². The number of hydrogen-bond donors (Lipinski definition) is 0. The molecule has 2 heterocycles. The molecule has 5 nitrogen and oxygen atoms in total. The molecule has 2 aromatic heterocycles. The van der Waals surface area contributed by atoms with Crippen molar-refractivity contribution in [3.05, 3.63) is 175 Å². The monoisotopic (exact) mass is 666 g/mol. The van der Waals surface area contributed by atoms with E-state index in [1.54, 1.807) is 0 Å². The van der Waals surface area contributed by atoms with Gasteiger partial charge in [0.15, 0.2) is 17.5 Å². The van der Waals surface area contributed by atoms with Gasteiger partial charge in [0.1, 0.15) is 11.2 Å². The van der Waals surface area contributed by atoms with Crippen molar-refractivity contribution in [2.24, 2.45) is 0 Å². The summed E-state index contributed by atoms with van der Waals surface area (Å²) in [5.41, 5.74) is 12.6. The van der Waals surface area contributed by atoms with Crippen LogP contribution in [0.15, 0.2) is 168 Å². The molecule has 0 aliphatic carbocycles. The summed E-state index contributed by atoms with van der Waals surface area (Å²) in [6, 6.07) is 57.7. The van der Waals surface area contributed by atoms with Crippen molar-refractivity contribution >= 4 is 21.9 Å². The molecule has 0 saturated carbocycles. The summed E-state index contributed by atoms with van der Waals surface area (Å²) in [4.78, 5) is 14.9. The Balaban J connectivity index is 1.12. The molecule has 0 saturated heterocycles. The zero-order valence-corrected chi connectivity index (χ0v) is 28.3. The summed E-state index contributed by atoms with van der Waals surface area (Å²) in [6.45, 7) is 2.06. The molecule has 0 atom stereocenters. The normalized spacial score (nSPS) is 11.2. The van der Waals surface area contributed by atoms with E-state index in [0.29, 0.717) is 23.0 Å². The van der Waals surface area contributed by atoms with Crippen LogP contribution >= 0.6 is 0 Å². The second-order valence-electron chi connectivity index (χ2n) is 12.9. The number of furan rings is 1. The van der Waals surface area contributed by atoms with E-state index in [0.717, 1.165) is 66.4 Å². The summed E-state index contributed by atoms with van der Waals surface area (Å²) < 4.78 is 6.50. The molecule has 244 valence electrons. The Bertz CT molecular complexity index is 2800. The standard InChI is InChI=1S/C47H30N4O/c1-30-8-5-13-38(26-30)46-49-45(36-22-18-34(19-23-36)37-12-6-9-31(27-37)29-48)50-47(51-46)39-24-25-41-43(28-39)52-42-15-7-14-40(44(41)42)35-20-16-33(17-21-35)32-10-3-2-4-11-32/h2-28H,1H3. The quantitative estimate of drug-likeness (QED) is 0.176. The highest BCUT2D eigenvalue weighted by molar-refractivity contribution is 6.13. The highest BCUT2D eigenvalue weighted by atomic mass is 16.3. The number of rotatable bonds is 6. The number of fused-ring (bicyclic) bond motifs is 3. The van der Waals surface area contributed by atoms with Gasteiger partial charge in [-0.1, -0.05) is 133 Å². The van der Waals surface area contributed by atoms with Crippen molar-refractivity contribution in [2.75, 3.05) is 0 Å². The number of aryl methyl sites for hydroxylation is 1. The maximum Gasteiger partial charge on any atom is 0.164 e. The molecule has 0 aliphatic heterocycles. The van der Waals surface area contributed by atoms with E-state index in [1.165, 1.54) is 11.1 Å². The third kappa shape index (κ3) is 5.79. The Morgan fingerprint density at radius 1 is 0.442 bits per heavy atom. The van der Waals surface area contributed by atoms with Crippen molar-refractivity contribution in [3.63, 3.8) is 0 Å². The first-order valence-corrected chi connectivity index (χ1v) is 17.2. The first-order valence-electron chi connectivity index (χ1n) is 17.2. The fourth-order valence-corrected chi connectivity index (χ4v) is 6.81. The summed E-state index contributed by atoms with van der Waals surface area (Å²) in [7, 11) is 0. The Kier molecular flexibility index (Phi) is 7.68. The van der Waals surface area contributed by atoms with Crippen molar-refractivity contribution in [1.82, 2.24) is 15.0 Å². The van der Waals surface area contributed by atoms with Gasteiger partial charge in [-0.2, -0.15) is 5.26 Å². The van der Waals surface area contributed by atoms with Gasteiger partial charge in [0.05, 0.1) is 11.6 Å². The fraction of sp³-hybridized carbons (Fsp3) is 0.0213. The van der Waals surface area contributed by atoms with Crippen LogP contribution in [0.25, 0.3) is 89.5 Å². The zero-order valence-electron chi connectivity index (χ0n) is 28.3. The van der Waals surface area contributed by atoms with Gasteiger partial charge < -0.3 is 4.42 Å². The van der Waals surface area contributed by atoms with Crippen molar-refractivity contribution in [1.29, 1.82) is 5.26 Å². The second-order valence-corrected chi connectivity index (χ2v) is 12.9. The molecule has 0 unspecified atom stereocenters. The van der Waals surface area contributed by atoms with Crippen LogP contribution in [0, 0.1) is 18.3 Å². The van der Waals surface area contributed by atoms with E-state index in [-0.39, 0.29) is 0 Å². The summed E-state index contributed by atoms with van der Waals surface area (Å²) in [5, 5.41) is 11.5. The number of aromatic nitrogens is 3. The van der Waals surface area contributed by atoms with E-state index in [1.807, 2.05) is 84.9 Å². The number of benzene rings is 7. The molecular formula is C47H30N4O. The number of nitriles is 1. The molecule has 5 heteroatoms. The lowest BCUT2D eigenvalue weighted by molar-refractivity contribution is 0.669. The van der Waals surface area contributed by atoms with Gasteiger partial charge in [-0.3, -0.25) is 0 Å². The summed E-state index contributed by atoms with van der Waals surface area (Å²) in [5.74, 6) is 1.73. The molecule has 9 rings (SSSR count). The number of nitrogens with zero attached hydrogens (tertiary/aromatic N) is 4. The Morgan fingerprint density at radius 3 is 1.73 bits per heavy atom. The fourth-order valence-electron chi connectivity index (χ4n) is 6.81. The van der Waals surface area contributed by atoms with Crippen LogP contribution in [0.4, 0.5) is 0 Å². The topological polar surface area (TPSA) is 75.6 Å². The van der Waals surface area contributed by atoms with Crippen LogP contribution < -0.4 is 0 Å². The number of hydrogen-bond acceptors (Lipinski definition) is 5. The molecule has 0 aliphatic rings. The van der Waals surface area contributed by atoms with Crippen LogP contribution in [-0.4, -0.2) is 15.0 Å². The third-order valence-corrected chi connectivity index (χ3v) is 9.44. The first-order chi connectivity index (χ1) is 25.6. The third-order valence-electron chi connectivity index (χ3n) is 9.44. The van der Waals surface area contributed by atoms with Gasteiger partial charge in [-0.05, 0) is 76.7 Å². The highest BCUT2D eigenvalue weighted by Gasteiger charge is 2.17. The predicted molar refractivity (Wildman–Crippen MR) is 209 cm³/mol. The zero-order chi connectivity index (χ0) is 35.0. The Morgan fingerprint density at radius 2 is 1.00 bits per heavy atom. The lowest BCUT2D eigenvalue weighted by Crippen LogP contribution is -2.00. The largest absolute Gasteiger partial charge is 0.456 e. The van der Waals surface area contributed by atoms with Crippen LogP contribution in [0.1, 0.15) is 11.1 Å². The van der Waals surface area contributed by atoms with Gasteiger partial charge in [0, 0.05) is 27.5 Å². The predicted octanol–water partition coefficient (Wildman–Crippen LogP) is 12.0. The highest BCUT2D eigenvalue weighted by Crippen LogP contribution is 2.39. The summed E-state index contributed by atoms with van der Waals surface area (Å²) in [6.07, 6.45) is 0. The van der Waals surface area contributed by atoms with E-state index < -0.39 is 0 Å². The second kappa shape index (κ2) is 12.9. The molecule has 0 spiro atoms. The average Bonchev–Trinajstić information content (AvgIpc) is 3.59. The van der Waals surface area contributed by atoms with E-state index >= 15 is 0 Å². The van der Waals surface area contributed by atoms with E-state index in [2.05, 4.69) is 91.9 Å².